The molecule has 1 heterocycles. The van der Waals surface area contributed by atoms with Gasteiger partial charge in [0.15, 0.2) is 0 Å². The Kier molecular flexibility index (Phi) is 1.91. The number of halogens is 1. The Labute approximate surface area is 93.2 Å². The minimum absolute atomic E-state index is 0.00375. The molecule has 0 N–H and O–H groups in total. The Balaban J connectivity index is 1.97. The van der Waals surface area contributed by atoms with E-state index in [1.165, 1.54) is 11.6 Å². The minimum atomic E-state index is -0.428. The molecule has 78 valence electrons. The van der Waals surface area contributed by atoms with E-state index < -0.39 is 5.24 Å². The lowest BCUT2D eigenvalue weighted by Crippen LogP contribution is -2.14. The molecule has 0 bridgehead atoms. The van der Waals surface area contributed by atoms with Gasteiger partial charge in [-0.15, -0.1) is 0 Å². The van der Waals surface area contributed by atoms with E-state index in [9.17, 15) is 4.79 Å². The highest BCUT2D eigenvalue weighted by Gasteiger charge is 2.60. The number of rotatable bonds is 2. The molecule has 2 atom stereocenters. The standard InChI is InChI=1S/C12H11ClO2/c13-11(14)4-2-8-1-3-9-7-12(9)10(8)5-6-15-12/h1-4,9H,5-7H2/b4-2+. The molecular weight excluding hydrogens is 212 g/mol. The molecule has 15 heavy (non-hydrogen) atoms. The molecule has 0 aromatic rings. The highest BCUT2D eigenvalue weighted by molar-refractivity contribution is 6.66. The van der Waals surface area contributed by atoms with E-state index in [-0.39, 0.29) is 5.60 Å². The Morgan fingerprint density at radius 1 is 1.67 bits per heavy atom. The second kappa shape index (κ2) is 3.06. The molecule has 2 nitrogen and oxygen atoms in total. The smallest absolute Gasteiger partial charge is 0.245 e. The number of ether oxygens (including phenoxy) is 1. The molecule has 0 aromatic carbocycles. The van der Waals surface area contributed by atoms with Crippen molar-refractivity contribution in [1.29, 1.82) is 0 Å². The van der Waals surface area contributed by atoms with Crippen molar-refractivity contribution in [3.05, 3.63) is 35.5 Å². The molecule has 0 radical (unpaired) electrons. The maximum Gasteiger partial charge on any atom is 0.245 e. The molecule has 2 aliphatic carbocycles. The van der Waals surface area contributed by atoms with Crippen LogP contribution in [-0.4, -0.2) is 17.5 Å². The summed E-state index contributed by atoms with van der Waals surface area (Å²) >= 11 is 5.28. The van der Waals surface area contributed by atoms with E-state index in [1.54, 1.807) is 6.08 Å². The number of hydrogen-bond acceptors (Lipinski definition) is 2. The summed E-state index contributed by atoms with van der Waals surface area (Å²) in [7, 11) is 0. The summed E-state index contributed by atoms with van der Waals surface area (Å²) in [4.78, 5) is 10.7. The summed E-state index contributed by atoms with van der Waals surface area (Å²) in [6, 6.07) is 0. The largest absolute Gasteiger partial charge is 0.370 e. The lowest BCUT2D eigenvalue weighted by atomic mass is 9.94. The number of hydrogen-bond donors (Lipinski definition) is 0. The molecule has 3 aliphatic rings. The molecule has 0 aromatic heterocycles. The van der Waals surface area contributed by atoms with E-state index >= 15 is 0 Å². The molecule has 2 fully saturated rings. The van der Waals surface area contributed by atoms with E-state index in [2.05, 4.69) is 12.2 Å². The van der Waals surface area contributed by atoms with Crippen LogP contribution in [0.3, 0.4) is 0 Å². The SMILES string of the molecule is O=C(Cl)/C=C/C1=C2CCOC23CC3C=C1. The van der Waals surface area contributed by atoms with Gasteiger partial charge in [-0.2, -0.15) is 0 Å². The van der Waals surface area contributed by atoms with Crippen LogP contribution in [0, 0.1) is 5.92 Å². The molecule has 3 rings (SSSR count). The quantitative estimate of drug-likeness (QED) is 0.530. The topological polar surface area (TPSA) is 26.3 Å². The first-order chi connectivity index (χ1) is 7.22. The molecule has 2 unspecified atom stereocenters. The van der Waals surface area contributed by atoms with Crippen molar-refractivity contribution >= 4 is 16.8 Å². The molecule has 1 saturated carbocycles. The third kappa shape index (κ3) is 1.32. The first kappa shape index (κ1) is 9.37. The van der Waals surface area contributed by atoms with E-state index in [0.717, 1.165) is 25.0 Å². The van der Waals surface area contributed by atoms with Crippen molar-refractivity contribution < 1.29 is 9.53 Å². The van der Waals surface area contributed by atoms with Gasteiger partial charge < -0.3 is 4.74 Å². The maximum atomic E-state index is 10.7. The van der Waals surface area contributed by atoms with Gasteiger partial charge in [-0.05, 0) is 41.7 Å². The van der Waals surface area contributed by atoms with Crippen molar-refractivity contribution in [2.24, 2.45) is 5.92 Å². The lowest BCUT2D eigenvalue weighted by Gasteiger charge is -2.16. The van der Waals surface area contributed by atoms with Gasteiger partial charge in [0.2, 0.25) is 5.24 Å². The number of allylic oxidation sites excluding steroid dienone is 4. The van der Waals surface area contributed by atoms with Crippen LogP contribution in [-0.2, 0) is 9.53 Å². The molecule has 1 saturated heterocycles. The minimum Gasteiger partial charge on any atom is -0.370 e. The summed E-state index contributed by atoms with van der Waals surface area (Å²) in [6.45, 7) is 0.805. The average Bonchev–Trinajstić information content (AvgIpc) is 2.75. The van der Waals surface area contributed by atoms with Crippen LogP contribution in [0.2, 0.25) is 0 Å². The fourth-order valence-electron chi connectivity index (χ4n) is 2.66. The summed E-state index contributed by atoms with van der Waals surface area (Å²) in [6.07, 6.45) is 9.54. The average molecular weight is 223 g/mol. The zero-order valence-electron chi connectivity index (χ0n) is 8.20. The molecule has 0 amide bonds. The summed E-state index contributed by atoms with van der Waals surface area (Å²) in [5, 5.41) is -0.428. The predicted octanol–water partition coefficient (Wildman–Crippen LogP) is 2.35. The van der Waals surface area contributed by atoms with E-state index in [0.29, 0.717) is 5.92 Å². The Hall–Kier alpha value is -0.860. The first-order valence-electron chi connectivity index (χ1n) is 5.16. The van der Waals surface area contributed by atoms with Crippen LogP contribution in [0.1, 0.15) is 12.8 Å². The fourth-order valence-corrected chi connectivity index (χ4v) is 2.72. The van der Waals surface area contributed by atoms with E-state index in [1.807, 2.05) is 0 Å². The monoisotopic (exact) mass is 222 g/mol. The van der Waals surface area contributed by atoms with Crippen LogP contribution in [0.4, 0.5) is 0 Å². The lowest BCUT2D eigenvalue weighted by molar-refractivity contribution is -0.107. The van der Waals surface area contributed by atoms with Gasteiger partial charge in [0, 0.05) is 5.92 Å². The summed E-state index contributed by atoms with van der Waals surface area (Å²) < 4.78 is 5.79. The zero-order chi connectivity index (χ0) is 10.5. The second-order valence-corrected chi connectivity index (χ2v) is 4.60. The van der Waals surface area contributed by atoms with Crippen LogP contribution < -0.4 is 0 Å². The van der Waals surface area contributed by atoms with Crippen molar-refractivity contribution in [1.82, 2.24) is 0 Å². The summed E-state index contributed by atoms with van der Waals surface area (Å²) in [5.74, 6) is 0.568. The molecular formula is C12H11ClO2. The van der Waals surface area contributed by atoms with Crippen LogP contribution in [0.25, 0.3) is 0 Å². The molecule has 1 aliphatic heterocycles. The Bertz CT molecular complexity index is 419. The third-order valence-electron chi connectivity index (χ3n) is 3.43. The number of carbonyl (C=O) groups is 1. The predicted molar refractivity (Wildman–Crippen MR) is 57.6 cm³/mol. The van der Waals surface area contributed by atoms with Gasteiger partial charge >= 0.3 is 0 Å². The van der Waals surface area contributed by atoms with Gasteiger partial charge in [0.25, 0.3) is 0 Å². The third-order valence-corrected chi connectivity index (χ3v) is 3.56. The van der Waals surface area contributed by atoms with Crippen molar-refractivity contribution in [2.45, 2.75) is 18.4 Å². The fraction of sp³-hybridized carbons (Fsp3) is 0.417. The van der Waals surface area contributed by atoms with Gasteiger partial charge in [0.05, 0.1) is 12.2 Å². The molecule has 1 spiro atoms. The van der Waals surface area contributed by atoms with Crippen molar-refractivity contribution in [3.63, 3.8) is 0 Å². The number of carbonyl (C=O) groups excluding carboxylic acids is 1. The van der Waals surface area contributed by atoms with E-state index in [4.69, 9.17) is 16.3 Å². The van der Waals surface area contributed by atoms with Crippen LogP contribution in [0.5, 0.6) is 0 Å². The zero-order valence-corrected chi connectivity index (χ0v) is 8.96. The van der Waals surface area contributed by atoms with Gasteiger partial charge in [0.1, 0.15) is 0 Å². The van der Waals surface area contributed by atoms with Crippen molar-refractivity contribution in [3.8, 4) is 0 Å². The van der Waals surface area contributed by atoms with Gasteiger partial charge in [-0.3, -0.25) is 4.79 Å². The second-order valence-electron chi connectivity index (χ2n) is 4.23. The van der Waals surface area contributed by atoms with Crippen LogP contribution in [0.15, 0.2) is 35.5 Å². The highest BCUT2D eigenvalue weighted by Crippen LogP contribution is 2.60. The molecule has 3 heteroatoms. The Morgan fingerprint density at radius 3 is 3.33 bits per heavy atom. The van der Waals surface area contributed by atoms with Gasteiger partial charge in [-0.1, -0.05) is 18.2 Å². The normalized spacial score (nSPS) is 37.0. The highest BCUT2D eigenvalue weighted by atomic mass is 35.5. The van der Waals surface area contributed by atoms with Gasteiger partial charge in [-0.25, -0.2) is 0 Å². The summed E-state index contributed by atoms with van der Waals surface area (Å²) in [5.41, 5.74) is 2.46. The maximum absolute atomic E-state index is 10.7. The first-order valence-corrected chi connectivity index (χ1v) is 5.53. The van der Waals surface area contributed by atoms with Crippen molar-refractivity contribution in [2.75, 3.05) is 6.61 Å². The Morgan fingerprint density at radius 2 is 2.53 bits per heavy atom. The van der Waals surface area contributed by atoms with Crippen LogP contribution >= 0.6 is 11.6 Å².